The Morgan fingerprint density at radius 3 is 2.96 bits per heavy atom. The van der Waals surface area contributed by atoms with Crippen LogP contribution in [0.25, 0.3) is 0 Å². The zero-order chi connectivity index (χ0) is 15.4. The summed E-state index contributed by atoms with van der Waals surface area (Å²) >= 11 is 0. The molecule has 0 spiro atoms. The standard InChI is InChI=1S/C18H26N2O2.ClH/c1-14(22-16-8-3-2-4-9-16)11-20-17(21)18-10-6-5-7-15(18)12-19-13-18;/h2-4,8-9,14-15,19H,5-7,10-13H2,1H3,(H,20,21);1H/t14?,15-,18+;/m0./s1. The van der Waals surface area contributed by atoms with Crippen LogP contribution in [0.3, 0.4) is 0 Å². The molecule has 2 fully saturated rings. The van der Waals surface area contributed by atoms with Crippen molar-refractivity contribution in [3.8, 4) is 5.75 Å². The van der Waals surface area contributed by atoms with Gasteiger partial charge >= 0.3 is 0 Å². The molecule has 1 aromatic carbocycles. The van der Waals surface area contributed by atoms with Gasteiger partial charge in [0.05, 0.1) is 12.0 Å². The molecule has 1 aliphatic carbocycles. The van der Waals surface area contributed by atoms with Crippen LogP contribution in [0.15, 0.2) is 30.3 Å². The number of halogens is 1. The highest BCUT2D eigenvalue weighted by atomic mass is 35.5. The van der Waals surface area contributed by atoms with E-state index in [9.17, 15) is 4.79 Å². The van der Waals surface area contributed by atoms with Crippen LogP contribution in [0.1, 0.15) is 32.6 Å². The third kappa shape index (κ3) is 3.99. The van der Waals surface area contributed by atoms with E-state index in [0.717, 1.165) is 25.3 Å². The Morgan fingerprint density at radius 2 is 2.17 bits per heavy atom. The minimum absolute atomic E-state index is 0. The van der Waals surface area contributed by atoms with Gasteiger partial charge < -0.3 is 15.4 Å². The van der Waals surface area contributed by atoms with Crippen molar-refractivity contribution < 1.29 is 9.53 Å². The number of amides is 1. The van der Waals surface area contributed by atoms with Crippen molar-refractivity contribution in [2.45, 2.75) is 38.7 Å². The lowest BCUT2D eigenvalue weighted by molar-refractivity contribution is -0.134. The highest BCUT2D eigenvalue weighted by Gasteiger charge is 2.49. The first-order valence-electron chi connectivity index (χ1n) is 8.41. The molecule has 3 atom stereocenters. The summed E-state index contributed by atoms with van der Waals surface area (Å²) < 4.78 is 5.83. The third-order valence-electron chi connectivity index (χ3n) is 5.12. The van der Waals surface area contributed by atoms with Gasteiger partial charge in [-0.2, -0.15) is 0 Å². The van der Waals surface area contributed by atoms with Gasteiger partial charge in [0.1, 0.15) is 11.9 Å². The summed E-state index contributed by atoms with van der Waals surface area (Å²) in [7, 11) is 0. The van der Waals surface area contributed by atoms with Gasteiger partial charge in [0, 0.05) is 6.54 Å². The van der Waals surface area contributed by atoms with Crippen LogP contribution in [0.2, 0.25) is 0 Å². The number of carbonyl (C=O) groups is 1. The first-order chi connectivity index (χ1) is 10.7. The quantitative estimate of drug-likeness (QED) is 0.868. The fourth-order valence-electron chi connectivity index (χ4n) is 3.88. The first kappa shape index (κ1) is 18.1. The van der Waals surface area contributed by atoms with Crippen LogP contribution in [0.4, 0.5) is 0 Å². The number of fused-ring (bicyclic) bond motifs is 1. The summed E-state index contributed by atoms with van der Waals surface area (Å²) in [5, 5.41) is 6.55. The predicted molar refractivity (Wildman–Crippen MR) is 94.1 cm³/mol. The third-order valence-corrected chi connectivity index (χ3v) is 5.12. The van der Waals surface area contributed by atoms with Gasteiger partial charge in [-0.15, -0.1) is 12.4 Å². The molecule has 1 saturated heterocycles. The van der Waals surface area contributed by atoms with Gasteiger partial charge in [-0.25, -0.2) is 0 Å². The molecule has 2 N–H and O–H groups in total. The van der Waals surface area contributed by atoms with E-state index in [1.807, 2.05) is 37.3 Å². The molecule has 0 radical (unpaired) electrons. The van der Waals surface area contributed by atoms with Gasteiger partial charge in [0.2, 0.25) is 5.91 Å². The van der Waals surface area contributed by atoms with Crippen LogP contribution in [-0.4, -0.2) is 31.6 Å². The molecule has 1 amide bonds. The van der Waals surface area contributed by atoms with Crippen molar-refractivity contribution in [3.05, 3.63) is 30.3 Å². The summed E-state index contributed by atoms with van der Waals surface area (Å²) in [6.07, 6.45) is 4.59. The first-order valence-corrected chi connectivity index (χ1v) is 8.41. The van der Waals surface area contributed by atoms with Gasteiger partial charge in [-0.05, 0) is 44.4 Å². The lowest BCUT2D eigenvalue weighted by Gasteiger charge is -2.37. The van der Waals surface area contributed by atoms with Gasteiger partial charge in [-0.1, -0.05) is 31.0 Å². The van der Waals surface area contributed by atoms with Crippen LogP contribution in [-0.2, 0) is 4.79 Å². The van der Waals surface area contributed by atoms with E-state index < -0.39 is 0 Å². The summed E-state index contributed by atoms with van der Waals surface area (Å²) in [6, 6.07) is 9.76. The minimum Gasteiger partial charge on any atom is -0.489 e. The summed E-state index contributed by atoms with van der Waals surface area (Å²) in [5.74, 6) is 1.57. The maximum atomic E-state index is 12.8. The highest BCUT2D eigenvalue weighted by molar-refractivity contribution is 5.85. The molecule has 1 aliphatic heterocycles. The van der Waals surface area contributed by atoms with Crippen molar-refractivity contribution in [1.29, 1.82) is 0 Å². The van der Waals surface area contributed by atoms with E-state index in [-0.39, 0.29) is 29.8 Å². The molecule has 5 heteroatoms. The number of carbonyl (C=O) groups excluding carboxylic acids is 1. The van der Waals surface area contributed by atoms with E-state index >= 15 is 0 Å². The van der Waals surface area contributed by atoms with E-state index in [1.54, 1.807) is 0 Å². The molecule has 2 aliphatic rings. The maximum Gasteiger partial charge on any atom is 0.227 e. The van der Waals surface area contributed by atoms with Crippen molar-refractivity contribution in [1.82, 2.24) is 10.6 Å². The zero-order valence-electron chi connectivity index (χ0n) is 13.7. The average Bonchev–Trinajstić information content (AvgIpc) is 2.99. The van der Waals surface area contributed by atoms with Crippen LogP contribution in [0, 0.1) is 11.3 Å². The molecule has 3 rings (SSSR count). The normalized spacial score (nSPS) is 27.4. The lowest BCUT2D eigenvalue weighted by Crippen LogP contribution is -2.49. The molecule has 0 aromatic heterocycles. The lowest BCUT2D eigenvalue weighted by atomic mass is 9.67. The number of hydrogen-bond donors (Lipinski definition) is 2. The molecule has 1 unspecified atom stereocenters. The largest absolute Gasteiger partial charge is 0.489 e. The van der Waals surface area contributed by atoms with Gasteiger partial charge in [0.15, 0.2) is 0 Å². The SMILES string of the molecule is CC(CNC(=O)[C@@]12CCCC[C@H]1CNC2)Oc1ccccc1.Cl. The molecule has 0 bridgehead atoms. The number of para-hydroxylation sites is 1. The smallest absolute Gasteiger partial charge is 0.227 e. The summed E-state index contributed by atoms with van der Waals surface area (Å²) in [5.41, 5.74) is -0.176. The average molecular weight is 339 g/mol. The molecule has 1 saturated carbocycles. The molecule has 1 aromatic rings. The summed E-state index contributed by atoms with van der Waals surface area (Å²) in [6.45, 7) is 4.37. The fraction of sp³-hybridized carbons (Fsp3) is 0.611. The Bertz CT molecular complexity index is 511. The Kier molecular flexibility index (Phi) is 6.31. The number of rotatable bonds is 5. The number of benzene rings is 1. The fourth-order valence-corrected chi connectivity index (χ4v) is 3.88. The van der Waals surface area contributed by atoms with Crippen molar-refractivity contribution in [2.24, 2.45) is 11.3 Å². The second kappa shape index (κ2) is 8.02. The topological polar surface area (TPSA) is 50.4 Å². The zero-order valence-corrected chi connectivity index (χ0v) is 14.5. The molecule has 23 heavy (non-hydrogen) atoms. The van der Waals surface area contributed by atoms with E-state index in [1.165, 1.54) is 19.3 Å². The second-order valence-electron chi connectivity index (χ2n) is 6.68. The number of ether oxygens (including phenoxy) is 1. The van der Waals surface area contributed by atoms with E-state index in [0.29, 0.717) is 12.5 Å². The molecular weight excluding hydrogens is 312 g/mol. The van der Waals surface area contributed by atoms with Crippen molar-refractivity contribution in [2.75, 3.05) is 19.6 Å². The Labute approximate surface area is 144 Å². The van der Waals surface area contributed by atoms with Crippen LogP contribution < -0.4 is 15.4 Å². The predicted octanol–water partition coefficient (Wildman–Crippen LogP) is 2.77. The maximum absolute atomic E-state index is 12.8. The van der Waals surface area contributed by atoms with Crippen LogP contribution in [0.5, 0.6) is 5.75 Å². The highest BCUT2D eigenvalue weighted by Crippen LogP contribution is 2.43. The number of hydrogen-bond acceptors (Lipinski definition) is 3. The molecule has 1 heterocycles. The van der Waals surface area contributed by atoms with Crippen molar-refractivity contribution >= 4 is 18.3 Å². The van der Waals surface area contributed by atoms with Gasteiger partial charge in [0.25, 0.3) is 0 Å². The number of nitrogens with one attached hydrogen (secondary N) is 2. The van der Waals surface area contributed by atoms with Gasteiger partial charge in [-0.3, -0.25) is 4.79 Å². The van der Waals surface area contributed by atoms with E-state index in [2.05, 4.69) is 10.6 Å². The monoisotopic (exact) mass is 338 g/mol. The minimum atomic E-state index is -0.176. The summed E-state index contributed by atoms with van der Waals surface area (Å²) in [4.78, 5) is 12.8. The Balaban J connectivity index is 0.00000192. The van der Waals surface area contributed by atoms with Crippen LogP contribution >= 0.6 is 12.4 Å². The molecular formula is C18H27ClN2O2. The van der Waals surface area contributed by atoms with E-state index in [4.69, 9.17) is 4.74 Å². The second-order valence-corrected chi connectivity index (χ2v) is 6.68. The molecule has 128 valence electrons. The molecule has 4 nitrogen and oxygen atoms in total. The Hall–Kier alpha value is -1.26. The Morgan fingerprint density at radius 1 is 1.39 bits per heavy atom. The van der Waals surface area contributed by atoms with Crippen molar-refractivity contribution in [3.63, 3.8) is 0 Å².